The van der Waals surface area contributed by atoms with Crippen LogP contribution in [0.4, 0.5) is 11.5 Å². The number of nitrogens with one attached hydrogen (secondary N) is 1. The largest absolute Gasteiger partial charge is 0.473 e. The maximum atomic E-state index is 11.0. The molecule has 0 aliphatic rings. The topological polar surface area (TPSA) is 90.2 Å². The van der Waals surface area contributed by atoms with Crippen molar-refractivity contribution in [3.05, 3.63) is 15.9 Å². The second-order valence-electron chi connectivity index (χ2n) is 3.35. The first-order valence-corrected chi connectivity index (χ1v) is 5.49. The van der Waals surface area contributed by atoms with Crippen LogP contribution in [-0.2, 0) is 6.42 Å². The van der Waals surface area contributed by atoms with Gasteiger partial charge in [-0.15, -0.1) is 0 Å². The zero-order valence-corrected chi connectivity index (χ0v) is 10.2. The van der Waals surface area contributed by atoms with Crippen molar-refractivity contribution in [1.82, 2.24) is 9.97 Å². The molecule has 94 valence electrons. The normalized spacial score (nSPS) is 10.1. The molecule has 0 aliphatic carbocycles. The Morgan fingerprint density at radius 1 is 1.41 bits per heavy atom. The predicted octanol–water partition coefficient (Wildman–Crippen LogP) is 1.78. The molecule has 1 rings (SSSR count). The summed E-state index contributed by atoms with van der Waals surface area (Å²) in [5.74, 6) is 0.743. The van der Waals surface area contributed by atoms with Crippen LogP contribution in [0.15, 0.2) is 0 Å². The van der Waals surface area contributed by atoms with E-state index in [1.807, 2.05) is 13.8 Å². The molecule has 1 aromatic rings. The van der Waals surface area contributed by atoms with Crippen LogP contribution in [0.25, 0.3) is 0 Å². The summed E-state index contributed by atoms with van der Waals surface area (Å²) >= 11 is 0. The molecule has 0 bridgehead atoms. The highest BCUT2D eigenvalue weighted by molar-refractivity contribution is 5.61. The lowest BCUT2D eigenvalue weighted by Gasteiger charge is -2.08. The fourth-order valence-corrected chi connectivity index (χ4v) is 1.27. The van der Waals surface area contributed by atoms with Gasteiger partial charge >= 0.3 is 5.69 Å². The minimum Gasteiger partial charge on any atom is -0.473 e. The van der Waals surface area contributed by atoms with Crippen LogP contribution < -0.4 is 10.1 Å². The first-order chi connectivity index (χ1) is 8.13. The van der Waals surface area contributed by atoms with Gasteiger partial charge < -0.3 is 10.1 Å². The fraction of sp³-hybridized carbons (Fsp3) is 0.600. The zero-order chi connectivity index (χ0) is 12.8. The SMILES string of the molecule is CCCOc1nc(CC)nc(NC)c1[N+](=O)[O-]. The summed E-state index contributed by atoms with van der Waals surface area (Å²) in [6, 6.07) is 0. The Labute approximate surface area is 99.4 Å². The molecule has 1 heterocycles. The van der Waals surface area contributed by atoms with E-state index in [9.17, 15) is 10.1 Å². The maximum Gasteiger partial charge on any atom is 0.372 e. The third-order valence-electron chi connectivity index (χ3n) is 2.08. The van der Waals surface area contributed by atoms with Crippen molar-refractivity contribution in [3.8, 4) is 5.88 Å². The highest BCUT2D eigenvalue weighted by atomic mass is 16.6. The molecule has 7 nitrogen and oxygen atoms in total. The average molecular weight is 240 g/mol. The second kappa shape index (κ2) is 5.97. The molecule has 0 radical (unpaired) electrons. The highest BCUT2D eigenvalue weighted by Gasteiger charge is 2.25. The number of ether oxygens (including phenoxy) is 1. The lowest BCUT2D eigenvalue weighted by Crippen LogP contribution is -2.09. The van der Waals surface area contributed by atoms with Crippen molar-refractivity contribution in [1.29, 1.82) is 0 Å². The summed E-state index contributed by atoms with van der Waals surface area (Å²) < 4.78 is 5.30. The molecule has 17 heavy (non-hydrogen) atoms. The molecule has 0 saturated heterocycles. The molecule has 0 saturated carbocycles. The van der Waals surface area contributed by atoms with Crippen LogP contribution in [0, 0.1) is 10.1 Å². The van der Waals surface area contributed by atoms with E-state index in [2.05, 4.69) is 15.3 Å². The number of hydrogen-bond acceptors (Lipinski definition) is 6. The zero-order valence-electron chi connectivity index (χ0n) is 10.2. The molecular formula is C10H16N4O3. The average Bonchev–Trinajstić information content (AvgIpc) is 2.34. The lowest BCUT2D eigenvalue weighted by atomic mass is 10.4. The number of aromatic nitrogens is 2. The summed E-state index contributed by atoms with van der Waals surface area (Å²) in [7, 11) is 1.58. The van der Waals surface area contributed by atoms with Gasteiger partial charge in [-0.05, 0) is 6.42 Å². The number of aryl methyl sites for hydroxylation is 1. The van der Waals surface area contributed by atoms with E-state index >= 15 is 0 Å². The summed E-state index contributed by atoms with van der Waals surface area (Å²) in [4.78, 5) is 18.5. The summed E-state index contributed by atoms with van der Waals surface area (Å²) in [6.45, 7) is 4.20. The molecule has 0 amide bonds. The van der Waals surface area contributed by atoms with E-state index in [0.29, 0.717) is 18.9 Å². The molecule has 0 spiro atoms. The van der Waals surface area contributed by atoms with E-state index in [1.54, 1.807) is 7.05 Å². The van der Waals surface area contributed by atoms with Gasteiger partial charge in [0.2, 0.25) is 5.82 Å². The quantitative estimate of drug-likeness (QED) is 0.602. The van der Waals surface area contributed by atoms with Crippen LogP contribution in [0.3, 0.4) is 0 Å². The van der Waals surface area contributed by atoms with Gasteiger partial charge in [-0.25, -0.2) is 4.98 Å². The van der Waals surface area contributed by atoms with Crippen molar-refractivity contribution in [2.45, 2.75) is 26.7 Å². The standard InChI is InChI=1S/C10H16N4O3/c1-4-6-17-10-8(14(15)16)9(11-3)12-7(5-2)13-10/h4-6H2,1-3H3,(H,11,12,13). The van der Waals surface area contributed by atoms with Gasteiger partial charge in [0.25, 0.3) is 5.88 Å². The Balaban J connectivity index is 3.25. The van der Waals surface area contributed by atoms with Crippen molar-refractivity contribution < 1.29 is 9.66 Å². The van der Waals surface area contributed by atoms with Gasteiger partial charge in [0, 0.05) is 13.5 Å². The minimum absolute atomic E-state index is 0.0352. The minimum atomic E-state index is -0.531. The maximum absolute atomic E-state index is 11.0. The molecule has 0 atom stereocenters. The van der Waals surface area contributed by atoms with E-state index in [4.69, 9.17) is 4.74 Å². The third kappa shape index (κ3) is 3.02. The van der Waals surface area contributed by atoms with Crippen molar-refractivity contribution in [2.75, 3.05) is 19.0 Å². The van der Waals surface area contributed by atoms with Crippen LogP contribution in [-0.4, -0.2) is 28.5 Å². The first-order valence-electron chi connectivity index (χ1n) is 5.49. The van der Waals surface area contributed by atoms with Gasteiger partial charge in [0.05, 0.1) is 11.5 Å². The van der Waals surface area contributed by atoms with Gasteiger partial charge in [-0.3, -0.25) is 10.1 Å². The van der Waals surface area contributed by atoms with Crippen LogP contribution in [0.1, 0.15) is 26.1 Å². The molecule has 0 aliphatic heterocycles. The molecule has 7 heteroatoms. The lowest BCUT2D eigenvalue weighted by molar-refractivity contribution is -0.385. The van der Waals surface area contributed by atoms with E-state index in [1.165, 1.54) is 0 Å². The summed E-state index contributed by atoms with van der Waals surface area (Å²) in [6.07, 6.45) is 1.35. The third-order valence-corrected chi connectivity index (χ3v) is 2.08. The van der Waals surface area contributed by atoms with Crippen molar-refractivity contribution in [3.63, 3.8) is 0 Å². The van der Waals surface area contributed by atoms with Crippen molar-refractivity contribution in [2.24, 2.45) is 0 Å². The van der Waals surface area contributed by atoms with Crippen molar-refractivity contribution >= 4 is 11.5 Å². The van der Waals surface area contributed by atoms with Crippen LogP contribution in [0.5, 0.6) is 5.88 Å². The number of hydrogen-bond donors (Lipinski definition) is 1. The molecule has 0 unspecified atom stereocenters. The Hall–Kier alpha value is -1.92. The van der Waals surface area contributed by atoms with Crippen LogP contribution >= 0.6 is 0 Å². The van der Waals surface area contributed by atoms with Crippen LogP contribution in [0.2, 0.25) is 0 Å². The molecule has 1 aromatic heterocycles. The number of rotatable bonds is 6. The van der Waals surface area contributed by atoms with Gasteiger partial charge in [0.1, 0.15) is 5.82 Å². The molecule has 0 aromatic carbocycles. The van der Waals surface area contributed by atoms with E-state index < -0.39 is 4.92 Å². The number of nitro groups is 1. The monoisotopic (exact) mass is 240 g/mol. The predicted molar refractivity (Wildman–Crippen MR) is 63.4 cm³/mol. The van der Waals surface area contributed by atoms with Gasteiger partial charge in [-0.1, -0.05) is 13.8 Å². The Morgan fingerprint density at radius 3 is 2.59 bits per heavy atom. The highest BCUT2D eigenvalue weighted by Crippen LogP contribution is 2.31. The number of nitrogens with zero attached hydrogens (tertiary/aromatic N) is 3. The number of anilines is 1. The molecule has 1 N–H and O–H groups in total. The Bertz CT molecular complexity index is 409. The van der Waals surface area contributed by atoms with E-state index in [0.717, 1.165) is 6.42 Å². The molecular weight excluding hydrogens is 224 g/mol. The van der Waals surface area contributed by atoms with E-state index in [-0.39, 0.29) is 17.4 Å². The van der Waals surface area contributed by atoms with Gasteiger partial charge in [-0.2, -0.15) is 4.98 Å². The molecule has 0 fully saturated rings. The smallest absolute Gasteiger partial charge is 0.372 e. The Morgan fingerprint density at radius 2 is 2.12 bits per heavy atom. The fourth-order valence-electron chi connectivity index (χ4n) is 1.27. The first kappa shape index (κ1) is 13.1. The summed E-state index contributed by atoms with van der Waals surface area (Å²) in [5, 5.41) is 13.7. The van der Waals surface area contributed by atoms with Gasteiger partial charge in [0.15, 0.2) is 0 Å². The summed E-state index contributed by atoms with van der Waals surface area (Å²) in [5.41, 5.74) is -0.210. The second-order valence-corrected chi connectivity index (χ2v) is 3.35. The Kier molecular flexibility index (Phi) is 4.62.